The summed E-state index contributed by atoms with van der Waals surface area (Å²) in [5, 5.41) is 128. The molecule has 0 aromatic heterocycles. The summed E-state index contributed by atoms with van der Waals surface area (Å²) in [5.74, 6) is -5.28. The molecule has 0 saturated carbocycles. The second-order valence-corrected chi connectivity index (χ2v) is 28.1. The number of nitrogens with zero attached hydrogens (tertiary/aromatic N) is 1. The van der Waals surface area contributed by atoms with Crippen LogP contribution in [0.25, 0.3) is 11.1 Å². The molecule has 0 spiro atoms. The zero-order chi connectivity index (χ0) is 92.5. The third-order valence-corrected chi connectivity index (χ3v) is 18.2. The van der Waals surface area contributed by atoms with Crippen LogP contribution >= 0.6 is 0 Å². The number of carbonyl (C=O) groups is 9. The number of hydrogen-bond acceptors (Lipinski definition) is 37. The average molecular weight is 1830 g/mol. The minimum absolute atomic E-state index is 0.00871. The summed E-state index contributed by atoms with van der Waals surface area (Å²) in [6, 6.07) is 14.6. The molecule has 0 radical (unpaired) electrons. The minimum Gasteiger partial charge on any atom is -0.480 e. The van der Waals surface area contributed by atoms with Crippen molar-refractivity contribution < 1.29 is 180 Å². The van der Waals surface area contributed by atoms with Crippen molar-refractivity contribution in [1.82, 2.24) is 47.4 Å². The third kappa shape index (κ3) is 57.2. The Hall–Kier alpha value is -7.61. The SMILES string of the molecule is O=C(CCOCCOCCOCCOCCOCCOCCOCCOCCOCCOCCOCCOCCN(C[C@H](O)[C@@H](O)[C@H](O)[C@H](O)CO)C[C@H](O)[C@@H](O)[C@H](O)[C@H](O)CO)NCCCC[C@H](NC(=O)CCOCCOCCOCCOCCNC(=O)CNC(=O)CNC(=O)CNC(=O)CNC(=O)CNC(=O)OCC1c2ccccc2-c2ccccc21)C(=O)O. The number of ether oxygens (including phenoxy) is 17. The molecule has 1 aliphatic rings. The Morgan fingerprint density at radius 1 is 0.323 bits per heavy atom. The number of amides is 8. The summed E-state index contributed by atoms with van der Waals surface area (Å²) in [5.41, 5.74) is 4.21. The lowest BCUT2D eigenvalue weighted by Crippen LogP contribution is -2.53. The first-order valence-electron chi connectivity index (χ1n) is 42.4. The summed E-state index contributed by atoms with van der Waals surface area (Å²) in [6.07, 6.45) is -14.1. The van der Waals surface area contributed by atoms with Gasteiger partial charge in [0.25, 0.3) is 0 Å². The molecule has 46 nitrogen and oxygen atoms in total. The van der Waals surface area contributed by atoms with Gasteiger partial charge in [-0.15, -0.1) is 0 Å². The van der Waals surface area contributed by atoms with Crippen LogP contribution in [0.5, 0.6) is 0 Å². The molecule has 0 saturated heterocycles. The lowest BCUT2D eigenvalue weighted by atomic mass is 9.98. The van der Waals surface area contributed by atoms with Crippen LogP contribution in [0.15, 0.2) is 48.5 Å². The number of aliphatic hydroxyl groups excluding tert-OH is 10. The number of carboxylic acids is 1. The van der Waals surface area contributed by atoms with Crippen molar-refractivity contribution in [1.29, 1.82) is 0 Å². The number of unbranched alkanes of at least 4 members (excludes halogenated alkanes) is 1. The Kier molecular flexibility index (Phi) is 67.2. The maximum absolute atomic E-state index is 12.4. The first-order chi connectivity index (χ1) is 61.6. The molecule has 0 heterocycles. The van der Waals surface area contributed by atoms with E-state index in [0.29, 0.717) is 145 Å². The Morgan fingerprint density at radius 3 is 0.961 bits per heavy atom. The maximum atomic E-state index is 12.4. The standard InChI is InChI=1S/C81H137N9O37/c91-56-67(95)78(106)76(104)65(93)54-90(55-66(94)77(105)79(107)68(96)57-92)16-20-114-24-28-118-32-34-120-36-38-122-40-42-124-44-46-126-48-47-125-45-43-123-41-39-121-37-35-119-33-30-115-25-21-111-17-12-69(97)82-14-6-5-11-64(80(108)109)89-70(98)13-18-112-22-26-116-29-31-117-27-23-113-19-15-83-71(99)49-84-72(100)50-85-73(101)51-86-74(102)52-87-75(103)53-88-81(110)127-58-63-61-9-3-1-7-59(61)60-8-2-4-10-62(60)63/h1-4,7-10,63-68,76-79,91-96,104-107H,5-6,11-58H2,(H,82,97)(H,83,99)(H,84,100)(H,85,101)(H,86,102)(H,87,103)(H,88,110)(H,89,98)(H,108,109)/t64-,65-,66-,67+,68+,76+,77+,78+,79+/m0/s1. The smallest absolute Gasteiger partial charge is 0.407 e. The molecule has 0 bridgehead atoms. The average Bonchev–Trinajstić information content (AvgIpc) is 1.62. The van der Waals surface area contributed by atoms with E-state index in [1.54, 1.807) is 0 Å². The number of alkyl carbamates (subject to hydrolysis) is 1. The van der Waals surface area contributed by atoms with E-state index in [1.165, 1.54) is 4.90 Å². The van der Waals surface area contributed by atoms with Crippen LogP contribution in [0, 0.1) is 0 Å². The summed E-state index contributed by atoms with van der Waals surface area (Å²) >= 11 is 0. The van der Waals surface area contributed by atoms with Crippen molar-refractivity contribution in [2.75, 3.05) is 297 Å². The van der Waals surface area contributed by atoms with Crippen molar-refractivity contribution in [2.24, 2.45) is 0 Å². The Bertz CT molecular complexity index is 3170. The molecule has 728 valence electrons. The molecule has 46 heteroatoms. The third-order valence-electron chi connectivity index (χ3n) is 18.2. The lowest BCUT2D eigenvalue weighted by Gasteiger charge is -2.33. The van der Waals surface area contributed by atoms with E-state index in [4.69, 9.17) is 90.7 Å². The Balaban J connectivity index is 0.965. The first kappa shape index (κ1) is 114. The largest absolute Gasteiger partial charge is 0.480 e. The number of aliphatic carboxylic acids is 1. The highest BCUT2D eigenvalue weighted by Gasteiger charge is 2.35. The van der Waals surface area contributed by atoms with Gasteiger partial charge in [0, 0.05) is 51.5 Å². The molecular formula is C81H137N9O37. The van der Waals surface area contributed by atoms with Gasteiger partial charge in [-0.05, 0) is 41.5 Å². The van der Waals surface area contributed by atoms with E-state index in [2.05, 4.69) is 42.5 Å². The van der Waals surface area contributed by atoms with E-state index >= 15 is 0 Å². The molecule has 1 aliphatic carbocycles. The van der Waals surface area contributed by atoms with Crippen LogP contribution in [0.1, 0.15) is 49.1 Å². The Labute approximate surface area is 738 Å². The topological polar surface area (TPSA) is 633 Å². The summed E-state index contributed by atoms with van der Waals surface area (Å²) in [7, 11) is 0. The highest BCUT2D eigenvalue weighted by atomic mass is 16.6. The second kappa shape index (κ2) is 75.1. The number of nitrogens with one attached hydrogen (secondary N) is 8. The molecule has 3 rings (SSSR count). The number of aliphatic hydroxyl groups is 10. The van der Waals surface area contributed by atoms with Crippen molar-refractivity contribution in [2.45, 2.75) is 92.9 Å². The highest BCUT2D eigenvalue weighted by molar-refractivity contribution is 5.91. The van der Waals surface area contributed by atoms with Crippen LogP contribution in [-0.2, 0) is 119 Å². The van der Waals surface area contributed by atoms with Gasteiger partial charge in [-0.25, -0.2) is 9.59 Å². The fourth-order valence-corrected chi connectivity index (χ4v) is 11.3. The molecule has 0 unspecified atom stereocenters. The summed E-state index contributed by atoms with van der Waals surface area (Å²) < 4.78 is 93.2. The van der Waals surface area contributed by atoms with Crippen LogP contribution in [-0.4, -0.2) is 466 Å². The van der Waals surface area contributed by atoms with Crippen LogP contribution in [0.3, 0.4) is 0 Å². The van der Waals surface area contributed by atoms with Crippen molar-refractivity contribution >= 4 is 53.4 Å². The number of rotatable bonds is 85. The highest BCUT2D eigenvalue weighted by Crippen LogP contribution is 2.44. The van der Waals surface area contributed by atoms with Gasteiger partial charge >= 0.3 is 12.1 Å². The monoisotopic (exact) mass is 1830 g/mol. The van der Waals surface area contributed by atoms with Crippen LogP contribution in [0.4, 0.5) is 4.79 Å². The number of hydrogen-bond donors (Lipinski definition) is 19. The lowest BCUT2D eigenvalue weighted by molar-refractivity contribution is -0.142. The van der Waals surface area contributed by atoms with Gasteiger partial charge in [-0.1, -0.05) is 48.5 Å². The molecule has 127 heavy (non-hydrogen) atoms. The van der Waals surface area contributed by atoms with E-state index in [0.717, 1.165) is 22.3 Å². The molecule has 9 atom stereocenters. The van der Waals surface area contributed by atoms with Crippen molar-refractivity contribution in [3.63, 3.8) is 0 Å². The van der Waals surface area contributed by atoms with Crippen LogP contribution < -0.4 is 42.5 Å². The zero-order valence-electron chi connectivity index (χ0n) is 72.2. The first-order valence-corrected chi connectivity index (χ1v) is 42.4. The van der Waals surface area contributed by atoms with Gasteiger partial charge in [-0.3, -0.25) is 38.5 Å². The summed E-state index contributed by atoms with van der Waals surface area (Å²) in [4.78, 5) is 111. The number of benzene rings is 2. The van der Waals surface area contributed by atoms with Gasteiger partial charge < -0.3 is 179 Å². The predicted octanol–water partition coefficient (Wildman–Crippen LogP) is -7.82. The van der Waals surface area contributed by atoms with E-state index < -0.39 is 155 Å². The predicted molar refractivity (Wildman–Crippen MR) is 446 cm³/mol. The maximum Gasteiger partial charge on any atom is 0.407 e. The summed E-state index contributed by atoms with van der Waals surface area (Å²) in [6.45, 7) is 5.14. The van der Waals surface area contributed by atoms with Gasteiger partial charge in [0.1, 0.15) is 55.8 Å². The van der Waals surface area contributed by atoms with E-state index in [-0.39, 0.29) is 143 Å². The van der Waals surface area contributed by atoms with Gasteiger partial charge in [0.05, 0.1) is 263 Å². The number of carboxylic acid groups (broad SMARTS) is 1. The molecular weight excluding hydrogens is 1690 g/mol. The van der Waals surface area contributed by atoms with Crippen molar-refractivity contribution in [3.8, 4) is 11.1 Å². The van der Waals surface area contributed by atoms with E-state index in [1.807, 2.05) is 48.5 Å². The number of fused-ring (bicyclic) bond motifs is 3. The zero-order valence-corrected chi connectivity index (χ0v) is 72.2. The normalized spacial score (nSPS) is 14.0. The molecule has 2 aromatic rings. The number of carbonyl (C=O) groups excluding carboxylic acids is 8. The van der Waals surface area contributed by atoms with Gasteiger partial charge in [0.15, 0.2) is 0 Å². The second-order valence-electron chi connectivity index (χ2n) is 28.1. The molecule has 8 amide bonds. The molecule has 19 N–H and O–H groups in total. The van der Waals surface area contributed by atoms with Gasteiger partial charge in [-0.2, -0.15) is 0 Å². The quantitative estimate of drug-likeness (QED) is 0.0274. The van der Waals surface area contributed by atoms with Crippen LogP contribution in [0.2, 0.25) is 0 Å². The molecule has 2 aromatic carbocycles. The fraction of sp³-hybridized carbons (Fsp3) is 0.741. The van der Waals surface area contributed by atoms with Crippen molar-refractivity contribution in [3.05, 3.63) is 59.7 Å². The van der Waals surface area contributed by atoms with E-state index in [9.17, 15) is 89.1 Å². The Morgan fingerprint density at radius 2 is 0.614 bits per heavy atom. The van der Waals surface area contributed by atoms with Gasteiger partial charge in [0.2, 0.25) is 41.4 Å². The molecule has 0 fully saturated rings. The fourth-order valence-electron chi connectivity index (χ4n) is 11.3. The minimum atomic E-state index is -1.90. The molecule has 0 aliphatic heterocycles.